The summed E-state index contributed by atoms with van der Waals surface area (Å²) in [5, 5.41) is 0.550. The molecular formula is C22H22FN3O3S. The fourth-order valence-electron chi connectivity index (χ4n) is 2.98. The largest absolute Gasteiger partial charge is 0.448 e. The fourth-order valence-corrected chi connectivity index (χ4v) is 3.52. The Morgan fingerprint density at radius 1 is 1.17 bits per heavy atom. The molecule has 0 bridgehead atoms. The predicted octanol–water partition coefficient (Wildman–Crippen LogP) is 3.94. The third kappa shape index (κ3) is 4.88. The number of thioether (sulfide) groups is 1. The van der Waals surface area contributed by atoms with Crippen LogP contribution in [0, 0.1) is 5.82 Å². The molecule has 8 heteroatoms. The summed E-state index contributed by atoms with van der Waals surface area (Å²) in [6, 6.07) is 15.3. The maximum absolute atomic E-state index is 13.3. The van der Waals surface area contributed by atoms with Gasteiger partial charge >= 0.3 is 5.97 Å². The number of benzene rings is 2. The third-order valence-electron chi connectivity index (χ3n) is 4.48. The van der Waals surface area contributed by atoms with E-state index in [-0.39, 0.29) is 17.4 Å². The molecule has 0 saturated heterocycles. The number of aromatic nitrogens is 2. The minimum absolute atomic E-state index is 0.163. The Hall–Kier alpha value is -3.13. The topological polar surface area (TPSA) is 64.4 Å². The van der Waals surface area contributed by atoms with Gasteiger partial charge in [0.05, 0.1) is 6.20 Å². The van der Waals surface area contributed by atoms with E-state index in [4.69, 9.17) is 4.74 Å². The number of hydrogen-bond acceptors (Lipinski definition) is 5. The Labute approximate surface area is 178 Å². The van der Waals surface area contributed by atoms with E-state index in [1.54, 1.807) is 23.7 Å². The van der Waals surface area contributed by atoms with Crippen LogP contribution in [-0.2, 0) is 16.1 Å². The second-order valence-electron chi connectivity index (χ2n) is 6.67. The van der Waals surface area contributed by atoms with Crippen molar-refractivity contribution in [2.75, 3.05) is 13.3 Å². The first kappa shape index (κ1) is 21.6. The van der Waals surface area contributed by atoms with Gasteiger partial charge in [-0.25, -0.2) is 14.2 Å². The van der Waals surface area contributed by atoms with Crippen molar-refractivity contribution in [3.63, 3.8) is 0 Å². The number of amides is 1. The average Bonchev–Trinajstić information content (AvgIpc) is 3.18. The Morgan fingerprint density at radius 2 is 1.83 bits per heavy atom. The molecule has 2 aromatic carbocycles. The standard InChI is InChI=1S/C22H22FN3O3S/c1-15(20(27)25(2)14-16-7-5-4-6-8-16)29-21(28)19-13-24-22(30-3)26(19)18-11-9-17(23)10-12-18/h4-13,15H,14H2,1-3H3. The zero-order chi connectivity index (χ0) is 21.7. The number of carbonyl (C=O) groups excluding carboxylic acids is 2. The van der Waals surface area contributed by atoms with Gasteiger partial charge in [-0.3, -0.25) is 9.36 Å². The van der Waals surface area contributed by atoms with Crippen LogP contribution in [0.2, 0.25) is 0 Å². The molecule has 0 radical (unpaired) electrons. The quantitative estimate of drug-likeness (QED) is 0.422. The van der Waals surface area contributed by atoms with E-state index in [0.29, 0.717) is 17.4 Å². The van der Waals surface area contributed by atoms with E-state index in [2.05, 4.69) is 4.98 Å². The first-order valence-electron chi connectivity index (χ1n) is 9.28. The second-order valence-corrected chi connectivity index (χ2v) is 7.44. The van der Waals surface area contributed by atoms with Crippen LogP contribution in [0.3, 0.4) is 0 Å². The molecule has 30 heavy (non-hydrogen) atoms. The highest BCUT2D eigenvalue weighted by molar-refractivity contribution is 7.98. The number of ether oxygens (including phenoxy) is 1. The summed E-state index contributed by atoms with van der Waals surface area (Å²) in [5.74, 6) is -1.37. The van der Waals surface area contributed by atoms with Gasteiger partial charge in [0.25, 0.3) is 5.91 Å². The van der Waals surface area contributed by atoms with Crippen molar-refractivity contribution in [3.05, 3.63) is 77.9 Å². The van der Waals surface area contributed by atoms with Gasteiger partial charge in [0, 0.05) is 19.3 Å². The number of likely N-dealkylation sites (N-methyl/N-ethyl adjacent to an activating group) is 1. The Kier molecular flexibility index (Phi) is 6.89. The van der Waals surface area contributed by atoms with Gasteiger partial charge < -0.3 is 9.64 Å². The monoisotopic (exact) mass is 427 g/mol. The first-order valence-corrected chi connectivity index (χ1v) is 10.5. The van der Waals surface area contributed by atoms with Crippen LogP contribution >= 0.6 is 11.8 Å². The van der Waals surface area contributed by atoms with Crippen molar-refractivity contribution in [2.24, 2.45) is 0 Å². The van der Waals surface area contributed by atoms with Gasteiger partial charge in [0.15, 0.2) is 17.0 Å². The van der Waals surface area contributed by atoms with Crippen LogP contribution in [0.25, 0.3) is 5.69 Å². The molecule has 1 atom stereocenters. The highest BCUT2D eigenvalue weighted by Crippen LogP contribution is 2.23. The molecule has 1 heterocycles. The lowest BCUT2D eigenvalue weighted by Gasteiger charge is -2.21. The number of carbonyl (C=O) groups is 2. The molecule has 0 aliphatic rings. The normalized spacial score (nSPS) is 11.7. The van der Waals surface area contributed by atoms with E-state index in [9.17, 15) is 14.0 Å². The number of halogens is 1. The molecule has 3 aromatic rings. The van der Waals surface area contributed by atoms with Crippen molar-refractivity contribution in [1.29, 1.82) is 0 Å². The molecule has 1 amide bonds. The SMILES string of the molecule is CSc1ncc(C(=O)OC(C)C(=O)N(C)Cc2ccccc2)n1-c1ccc(F)cc1. The zero-order valence-electron chi connectivity index (χ0n) is 16.9. The number of nitrogens with zero attached hydrogens (tertiary/aromatic N) is 3. The number of esters is 1. The van der Waals surface area contributed by atoms with Crippen molar-refractivity contribution in [2.45, 2.75) is 24.7 Å². The van der Waals surface area contributed by atoms with Gasteiger partial charge in [-0.2, -0.15) is 0 Å². The lowest BCUT2D eigenvalue weighted by molar-refractivity contribution is -0.139. The van der Waals surface area contributed by atoms with Crippen molar-refractivity contribution in [1.82, 2.24) is 14.5 Å². The molecule has 0 saturated carbocycles. The molecule has 0 aliphatic carbocycles. The summed E-state index contributed by atoms with van der Waals surface area (Å²) < 4.78 is 20.3. The van der Waals surface area contributed by atoms with E-state index in [1.807, 2.05) is 36.6 Å². The molecule has 0 spiro atoms. The molecule has 1 aromatic heterocycles. The predicted molar refractivity (Wildman–Crippen MR) is 113 cm³/mol. The molecule has 1 unspecified atom stereocenters. The summed E-state index contributed by atoms with van der Waals surface area (Å²) in [6.45, 7) is 1.95. The van der Waals surface area contributed by atoms with Crippen LogP contribution in [-0.4, -0.2) is 45.7 Å². The van der Waals surface area contributed by atoms with Gasteiger partial charge in [-0.1, -0.05) is 42.1 Å². The van der Waals surface area contributed by atoms with Crippen LogP contribution in [0.4, 0.5) is 4.39 Å². The fraction of sp³-hybridized carbons (Fsp3) is 0.227. The molecule has 0 fully saturated rings. The summed E-state index contributed by atoms with van der Waals surface area (Å²) in [7, 11) is 1.66. The first-order chi connectivity index (χ1) is 14.4. The van der Waals surface area contributed by atoms with Gasteiger partial charge in [-0.15, -0.1) is 0 Å². The minimum atomic E-state index is -0.972. The van der Waals surface area contributed by atoms with E-state index >= 15 is 0 Å². The Bertz CT molecular complexity index is 1020. The van der Waals surface area contributed by atoms with Crippen LogP contribution in [0.1, 0.15) is 23.0 Å². The highest BCUT2D eigenvalue weighted by atomic mass is 32.2. The van der Waals surface area contributed by atoms with Crippen molar-refractivity contribution < 1.29 is 18.7 Å². The summed E-state index contributed by atoms with van der Waals surface area (Å²) in [4.78, 5) is 31.2. The Morgan fingerprint density at radius 3 is 2.47 bits per heavy atom. The zero-order valence-corrected chi connectivity index (χ0v) is 17.7. The lowest BCUT2D eigenvalue weighted by atomic mass is 10.2. The molecule has 156 valence electrons. The van der Waals surface area contributed by atoms with E-state index in [0.717, 1.165) is 5.56 Å². The summed E-state index contributed by atoms with van der Waals surface area (Å²) in [6.07, 6.45) is 2.24. The molecule has 0 aliphatic heterocycles. The van der Waals surface area contributed by atoms with Crippen LogP contribution in [0.5, 0.6) is 0 Å². The maximum Gasteiger partial charge on any atom is 0.357 e. The highest BCUT2D eigenvalue weighted by Gasteiger charge is 2.25. The lowest BCUT2D eigenvalue weighted by Crippen LogP contribution is -2.37. The number of hydrogen-bond donors (Lipinski definition) is 0. The van der Waals surface area contributed by atoms with Gasteiger partial charge in [0.1, 0.15) is 5.82 Å². The Balaban J connectivity index is 1.74. The maximum atomic E-state index is 13.3. The molecular weight excluding hydrogens is 405 g/mol. The third-order valence-corrected chi connectivity index (χ3v) is 5.13. The van der Waals surface area contributed by atoms with Crippen molar-refractivity contribution >= 4 is 23.6 Å². The molecule has 3 rings (SSSR count). The summed E-state index contributed by atoms with van der Waals surface area (Å²) in [5.41, 5.74) is 1.72. The van der Waals surface area contributed by atoms with Crippen molar-refractivity contribution in [3.8, 4) is 5.69 Å². The molecule has 0 N–H and O–H groups in total. The molecule has 6 nitrogen and oxygen atoms in total. The van der Waals surface area contributed by atoms with E-state index in [1.165, 1.54) is 41.9 Å². The van der Waals surface area contributed by atoms with E-state index < -0.39 is 12.1 Å². The van der Waals surface area contributed by atoms with Crippen LogP contribution in [0.15, 0.2) is 66.0 Å². The second kappa shape index (κ2) is 9.58. The number of imidazole rings is 1. The van der Waals surface area contributed by atoms with Gasteiger partial charge in [0.2, 0.25) is 0 Å². The number of rotatable bonds is 7. The average molecular weight is 428 g/mol. The van der Waals surface area contributed by atoms with Gasteiger partial charge in [-0.05, 0) is 43.0 Å². The summed E-state index contributed by atoms with van der Waals surface area (Å²) >= 11 is 1.34. The van der Waals surface area contributed by atoms with Crippen LogP contribution < -0.4 is 0 Å². The smallest absolute Gasteiger partial charge is 0.357 e. The minimum Gasteiger partial charge on any atom is -0.448 e.